The molecule has 1 saturated heterocycles. The summed E-state index contributed by atoms with van der Waals surface area (Å²) in [6.07, 6.45) is -3.71. The van der Waals surface area contributed by atoms with E-state index < -0.39 is 20.8 Å². The highest BCUT2D eigenvalue weighted by Crippen LogP contribution is 2.40. The second kappa shape index (κ2) is 13.0. The van der Waals surface area contributed by atoms with Crippen molar-refractivity contribution in [1.82, 2.24) is 20.1 Å². The zero-order chi connectivity index (χ0) is 34.1. The minimum atomic E-state index is -4.82. The first kappa shape index (κ1) is 33.0. The Morgan fingerprint density at radius 3 is 2.15 bits per heavy atom. The summed E-state index contributed by atoms with van der Waals surface area (Å²) in [6, 6.07) is 28.1. The highest BCUT2D eigenvalue weighted by Gasteiger charge is 2.52. The van der Waals surface area contributed by atoms with Crippen LogP contribution in [-0.4, -0.2) is 59.8 Å². The summed E-state index contributed by atoms with van der Waals surface area (Å²) in [4.78, 5) is 18.3. The molecule has 250 valence electrons. The van der Waals surface area contributed by atoms with Crippen LogP contribution in [0.5, 0.6) is 5.75 Å². The molecule has 13 heteroatoms. The number of rotatable bonds is 9. The molecule has 1 fully saturated rings. The number of hydrogen-bond acceptors (Lipinski definition) is 6. The number of benzene rings is 3. The molecule has 1 aliphatic rings. The molecule has 0 radical (unpaired) electrons. The zero-order valence-electron chi connectivity index (χ0n) is 26.7. The summed E-state index contributed by atoms with van der Waals surface area (Å²) in [6.45, 7) is 7.91. The summed E-state index contributed by atoms with van der Waals surface area (Å²) in [7, 11) is -2.81. The SMILES string of the molecule is CC(C)(C)[Si](O[C@@H]1CCN(c2ccnc3c2c(CNC(=O)O)nn3-c2ccc(OC(F)(F)F)cc2)C1)(c1ccccc1)c1ccccc1. The molecule has 1 amide bonds. The zero-order valence-corrected chi connectivity index (χ0v) is 27.7. The number of alkyl halides is 3. The van der Waals surface area contributed by atoms with Gasteiger partial charge in [-0.15, -0.1) is 13.2 Å². The number of pyridine rings is 1. The molecule has 0 unspecified atom stereocenters. The fraction of sp³-hybridized carbons (Fsp3) is 0.286. The van der Waals surface area contributed by atoms with Crippen molar-refractivity contribution in [2.24, 2.45) is 0 Å². The van der Waals surface area contributed by atoms with Gasteiger partial charge in [0.25, 0.3) is 8.32 Å². The first-order valence-electron chi connectivity index (χ1n) is 15.6. The maximum absolute atomic E-state index is 12.8. The Bertz CT molecular complexity index is 1840. The Kier molecular flexibility index (Phi) is 8.92. The van der Waals surface area contributed by atoms with Gasteiger partial charge in [0, 0.05) is 19.3 Å². The van der Waals surface area contributed by atoms with E-state index in [1.165, 1.54) is 39.3 Å². The average Bonchev–Trinajstić information content (AvgIpc) is 3.67. The lowest BCUT2D eigenvalue weighted by Gasteiger charge is -2.44. The number of carboxylic acid groups (broad SMARTS) is 1. The number of amides is 1. The second-order valence-electron chi connectivity index (χ2n) is 12.7. The molecule has 3 heterocycles. The number of fused-ring (bicyclic) bond motifs is 1. The Morgan fingerprint density at radius 2 is 1.58 bits per heavy atom. The van der Waals surface area contributed by atoms with Crippen LogP contribution in [0.4, 0.5) is 23.7 Å². The third-order valence-electron chi connectivity index (χ3n) is 8.59. The molecule has 2 aromatic heterocycles. The van der Waals surface area contributed by atoms with Crippen molar-refractivity contribution in [2.45, 2.75) is 51.2 Å². The lowest BCUT2D eigenvalue weighted by atomic mass is 10.2. The Labute approximate surface area is 277 Å². The van der Waals surface area contributed by atoms with Crippen LogP contribution in [0.15, 0.2) is 97.2 Å². The lowest BCUT2D eigenvalue weighted by Crippen LogP contribution is -2.67. The molecule has 1 atom stereocenters. The normalized spacial score (nSPS) is 15.5. The van der Waals surface area contributed by atoms with Crippen molar-refractivity contribution in [2.75, 3.05) is 18.0 Å². The van der Waals surface area contributed by atoms with Crippen LogP contribution in [0.25, 0.3) is 16.7 Å². The monoisotopic (exact) mass is 675 g/mol. The molecule has 5 aromatic rings. The topological polar surface area (TPSA) is 102 Å². The fourth-order valence-corrected chi connectivity index (χ4v) is 11.3. The van der Waals surface area contributed by atoms with Crippen LogP contribution in [0.1, 0.15) is 32.9 Å². The molecule has 48 heavy (non-hydrogen) atoms. The minimum absolute atomic E-state index is 0.0946. The van der Waals surface area contributed by atoms with E-state index in [2.05, 4.69) is 94.3 Å². The summed E-state index contributed by atoms with van der Waals surface area (Å²) in [5.74, 6) is -0.367. The summed E-state index contributed by atoms with van der Waals surface area (Å²) < 4.78 is 51.2. The minimum Gasteiger partial charge on any atom is -0.465 e. The standard InChI is InChI=1S/C35H36F3N5O4Si/c1-34(2,3)48(27-10-6-4-7-11-27,28-12-8-5-9-13-28)47-26-19-21-42(23-26)30-18-20-39-32-31(30)29(22-40-33(44)45)41-43(32)24-14-16-25(17-15-24)46-35(36,37)38/h4-18,20,26,40H,19,21-23H2,1-3H3,(H,44,45)/t26-/m1/s1. The molecule has 9 nitrogen and oxygen atoms in total. The number of hydrogen-bond donors (Lipinski definition) is 2. The number of nitrogens with zero attached hydrogens (tertiary/aromatic N) is 4. The Morgan fingerprint density at radius 1 is 0.958 bits per heavy atom. The molecular formula is C35H36F3N5O4Si. The van der Waals surface area contributed by atoms with E-state index >= 15 is 0 Å². The molecule has 1 aliphatic heterocycles. The van der Waals surface area contributed by atoms with Crippen LogP contribution >= 0.6 is 0 Å². The highest BCUT2D eigenvalue weighted by molar-refractivity contribution is 6.99. The summed E-state index contributed by atoms with van der Waals surface area (Å²) >= 11 is 0. The number of carbonyl (C=O) groups is 1. The van der Waals surface area contributed by atoms with E-state index in [0.717, 1.165) is 12.1 Å². The average molecular weight is 676 g/mol. The van der Waals surface area contributed by atoms with Crippen LogP contribution < -0.4 is 25.3 Å². The van der Waals surface area contributed by atoms with Crippen molar-refractivity contribution >= 4 is 41.5 Å². The molecule has 0 aliphatic carbocycles. The summed E-state index contributed by atoms with van der Waals surface area (Å²) in [5, 5.41) is 19.3. The lowest BCUT2D eigenvalue weighted by molar-refractivity contribution is -0.274. The number of aromatic nitrogens is 3. The van der Waals surface area contributed by atoms with Gasteiger partial charge >= 0.3 is 12.5 Å². The number of halogens is 3. The van der Waals surface area contributed by atoms with Crippen molar-refractivity contribution in [3.8, 4) is 11.4 Å². The van der Waals surface area contributed by atoms with Crippen molar-refractivity contribution in [3.05, 3.63) is 103 Å². The van der Waals surface area contributed by atoms with Crippen molar-refractivity contribution < 1.29 is 32.2 Å². The van der Waals surface area contributed by atoms with E-state index in [-0.39, 0.29) is 23.4 Å². The van der Waals surface area contributed by atoms with Gasteiger partial charge in [-0.1, -0.05) is 81.4 Å². The van der Waals surface area contributed by atoms with Gasteiger partial charge in [0.2, 0.25) is 0 Å². The largest absolute Gasteiger partial charge is 0.573 e. The van der Waals surface area contributed by atoms with Crippen LogP contribution in [0.3, 0.4) is 0 Å². The first-order valence-corrected chi connectivity index (χ1v) is 17.5. The van der Waals surface area contributed by atoms with E-state index in [0.29, 0.717) is 35.5 Å². The fourth-order valence-electron chi connectivity index (χ4n) is 6.60. The molecule has 0 saturated carbocycles. The van der Waals surface area contributed by atoms with Gasteiger partial charge in [-0.25, -0.2) is 14.5 Å². The third-order valence-corrected chi connectivity index (χ3v) is 13.7. The number of ether oxygens (including phenoxy) is 1. The van der Waals surface area contributed by atoms with Gasteiger partial charge in [-0.2, -0.15) is 5.10 Å². The smallest absolute Gasteiger partial charge is 0.465 e. The van der Waals surface area contributed by atoms with Gasteiger partial charge < -0.3 is 24.5 Å². The highest BCUT2D eigenvalue weighted by atomic mass is 28.4. The van der Waals surface area contributed by atoms with Crippen molar-refractivity contribution in [1.29, 1.82) is 0 Å². The molecule has 3 aromatic carbocycles. The van der Waals surface area contributed by atoms with Gasteiger partial charge in [-0.05, 0) is 52.2 Å². The maximum Gasteiger partial charge on any atom is 0.573 e. The van der Waals surface area contributed by atoms with Gasteiger partial charge in [0.15, 0.2) is 5.65 Å². The maximum atomic E-state index is 12.8. The van der Waals surface area contributed by atoms with Crippen molar-refractivity contribution in [3.63, 3.8) is 0 Å². The van der Waals surface area contributed by atoms with E-state index in [9.17, 15) is 23.1 Å². The number of nitrogens with one attached hydrogen (secondary N) is 1. The molecule has 6 rings (SSSR count). The van der Waals surface area contributed by atoms with Crippen LogP contribution in [0.2, 0.25) is 5.04 Å². The molecule has 0 spiro atoms. The van der Waals surface area contributed by atoms with E-state index in [1.807, 2.05) is 18.2 Å². The van der Waals surface area contributed by atoms with Crippen LogP contribution in [0, 0.1) is 0 Å². The number of anilines is 1. The Hall–Kier alpha value is -4.88. The Balaban J connectivity index is 1.36. The predicted molar refractivity (Wildman–Crippen MR) is 180 cm³/mol. The van der Waals surface area contributed by atoms with Crippen LogP contribution in [-0.2, 0) is 11.0 Å². The molecule has 2 N–H and O–H groups in total. The third kappa shape index (κ3) is 6.60. The van der Waals surface area contributed by atoms with Gasteiger partial charge in [0.1, 0.15) is 5.75 Å². The quantitative estimate of drug-likeness (QED) is 0.178. The van der Waals surface area contributed by atoms with E-state index in [1.54, 1.807) is 6.20 Å². The first-order chi connectivity index (χ1) is 22.9. The second-order valence-corrected chi connectivity index (χ2v) is 17.0. The summed E-state index contributed by atoms with van der Waals surface area (Å²) in [5.41, 5.74) is 2.13. The van der Waals surface area contributed by atoms with Gasteiger partial charge in [0.05, 0.1) is 35.1 Å². The molecule has 0 bridgehead atoms. The predicted octanol–water partition coefficient (Wildman–Crippen LogP) is 6.24. The van der Waals surface area contributed by atoms with Gasteiger partial charge in [-0.3, -0.25) is 0 Å². The van der Waals surface area contributed by atoms with E-state index in [4.69, 9.17) is 4.43 Å². The molecular weight excluding hydrogens is 639 g/mol.